The van der Waals surface area contributed by atoms with Crippen LogP contribution in [0.2, 0.25) is 0 Å². The van der Waals surface area contributed by atoms with E-state index in [2.05, 4.69) is 40.5 Å². The molecular formula is C25H33F3N2O. The minimum Gasteiger partial charge on any atom is -0.381 e. The van der Waals surface area contributed by atoms with Gasteiger partial charge in [-0.1, -0.05) is 42.5 Å². The quantitative estimate of drug-likeness (QED) is 0.503. The number of likely N-dealkylation sites (tertiary alicyclic amines) is 1. The van der Waals surface area contributed by atoms with E-state index in [0.717, 1.165) is 64.1 Å². The lowest BCUT2D eigenvalue weighted by Crippen LogP contribution is -2.42. The lowest BCUT2D eigenvalue weighted by Gasteiger charge is -2.42. The molecule has 0 unspecified atom stereocenters. The first-order chi connectivity index (χ1) is 14.9. The molecule has 0 atom stereocenters. The number of nitrogens with one attached hydrogen (secondary N) is 1. The standard InChI is InChI=1S/C25H33F3N2O/c1-2-31-20-24(13-12-21-6-4-3-5-7-21)14-16-30(17-15-24)18-22-8-10-23(11-9-22)29-19-25(26,27)28/h3-11,29H,2,12-20H2,1H3. The van der Waals surface area contributed by atoms with Crippen LogP contribution in [0.1, 0.15) is 37.3 Å². The molecule has 0 amide bonds. The normalized spacial score (nSPS) is 16.9. The monoisotopic (exact) mass is 434 g/mol. The SMILES string of the molecule is CCOCC1(CCc2ccccc2)CCN(Cc2ccc(NCC(F)(F)F)cc2)CC1. The predicted octanol–water partition coefficient (Wildman–Crippen LogP) is 5.91. The van der Waals surface area contributed by atoms with Crippen LogP contribution in [-0.2, 0) is 17.7 Å². The van der Waals surface area contributed by atoms with Crippen molar-refractivity contribution >= 4 is 5.69 Å². The summed E-state index contributed by atoms with van der Waals surface area (Å²) in [7, 11) is 0. The van der Waals surface area contributed by atoms with Gasteiger partial charge < -0.3 is 10.1 Å². The minimum atomic E-state index is -4.21. The van der Waals surface area contributed by atoms with Gasteiger partial charge in [-0.2, -0.15) is 13.2 Å². The first-order valence-corrected chi connectivity index (χ1v) is 11.1. The predicted molar refractivity (Wildman–Crippen MR) is 119 cm³/mol. The number of piperidine rings is 1. The molecule has 31 heavy (non-hydrogen) atoms. The highest BCUT2D eigenvalue weighted by atomic mass is 19.4. The summed E-state index contributed by atoms with van der Waals surface area (Å²) in [5.41, 5.74) is 3.21. The van der Waals surface area contributed by atoms with Crippen LogP contribution in [0.25, 0.3) is 0 Å². The highest BCUT2D eigenvalue weighted by Crippen LogP contribution is 2.37. The third kappa shape index (κ3) is 7.86. The van der Waals surface area contributed by atoms with Crippen molar-refractivity contribution in [2.24, 2.45) is 5.41 Å². The molecule has 0 bridgehead atoms. The van der Waals surface area contributed by atoms with E-state index in [-0.39, 0.29) is 5.41 Å². The molecule has 0 radical (unpaired) electrons. The van der Waals surface area contributed by atoms with Crippen molar-refractivity contribution in [2.45, 2.75) is 45.3 Å². The van der Waals surface area contributed by atoms with Gasteiger partial charge in [-0.25, -0.2) is 0 Å². The summed E-state index contributed by atoms with van der Waals surface area (Å²) in [4.78, 5) is 2.44. The van der Waals surface area contributed by atoms with E-state index in [4.69, 9.17) is 4.74 Å². The first kappa shape index (κ1) is 23.6. The van der Waals surface area contributed by atoms with Crippen LogP contribution in [0.4, 0.5) is 18.9 Å². The zero-order valence-corrected chi connectivity index (χ0v) is 18.3. The highest BCUT2D eigenvalue weighted by molar-refractivity contribution is 5.44. The number of anilines is 1. The Hall–Kier alpha value is -2.05. The minimum absolute atomic E-state index is 0.216. The fourth-order valence-corrected chi connectivity index (χ4v) is 4.21. The van der Waals surface area contributed by atoms with Crippen molar-refractivity contribution in [1.82, 2.24) is 4.90 Å². The van der Waals surface area contributed by atoms with Crippen LogP contribution < -0.4 is 5.32 Å². The van der Waals surface area contributed by atoms with E-state index in [1.54, 1.807) is 12.1 Å². The van der Waals surface area contributed by atoms with Crippen molar-refractivity contribution in [3.63, 3.8) is 0 Å². The molecular weight excluding hydrogens is 401 g/mol. The number of aryl methyl sites for hydroxylation is 1. The van der Waals surface area contributed by atoms with Crippen molar-refractivity contribution < 1.29 is 17.9 Å². The zero-order valence-electron chi connectivity index (χ0n) is 18.3. The van der Waals surface area contributed by atoms with Crippen LogP contribution in [0.3, 0.4) is 0 Å². The van der Waals surface area contributed by atoms with Gasteiger partial charge in [-0.05, 0) is 74.4 Å². The molecule has 0 spiro atoms. The van der Waals surface area contributed by atoms with E-state index in [9.17, 15) is 13.2 Å². The van der Waals surface area contributed by atoms with Gasteiger partial charge in [0.25, 0.3) is 0 Å². The summed E-state index contributed by atoms with van der Waals surface area (Å²) in [5, 5.41) is 2.42. The molecule has 0 aromatic heterocycles. The Kier molecular flexibility index (Phi) is 8.38. The summed E-state index contributed by atoms with van der Waals surface area (Å²) >= 11 is 0. The Morgan fingerprint density at radius 2 is 1.65 bits per heavy atom. The molecule has 1 N–H and O–H groups in total. The molecule has 1 aliphatic rings. The smallest absolute Gasteiger partial charge is 0.381 e. The van der Waals surface area contributed by atoms with Crippen LogP contribution in [-0.4, -0.2) is 43.9 Å². The zero-order chi connectivity index (χ0) is 22.2. The average molecular weight is 435 g/mol. The summed E-state index contributed by atoms with van der Waals surface area (Å²) in [6.07, 6.45) is 0.196. The Morgan fingerprint density at radius 3 is 2.26 bits per heavy atom. The maximum absolute atomic E-state index is 12.3. The van der Waals surface area contributed by atoms with Gasteiger partial charge in [0.1, 0.15) is 6.54 Å². The average Bonchev–Trinajstić information content (AvgIpc) is 2.77. The highest BCUT2D eigenvalue weighted by Gasteiger charge is 2.34. The Labute approximate surface area is 183 Å². The molecule has 3 nitrogen and oxygen atoms in total. The van der Waals surface area contributed by atoms with Gasteiger partial charge in [0.15, 0.2) is 0 Å². The lowest BCUT2D eigenvalue weighted by atomic mass is 9.74. The Balaban J connectivity index is 1.51. The number of halogens is 3. The molecule has 6 heteroatoms. The van der Waals surface area contributed by atoms with E-state index in [1.165, 1.54) is 5.56 Å². The van der Waals surface area contributed by atoms with Crippen molar-refractivity contribution in [2.75, 3.05) is 38.2 Å². The number of rotatable bonds is 10. The topological polar surface area (TPSA) is 24.5 Å². The molecule has 0 saturated carbocycles. The largest absolute Gasteiger partial charge is 0.405 e. The molecule has 1 heterocycles. The van der Waals surface area contributed by atoms with Gasteiger partial charge in [0.2, 0.25) is 0 Å². The first-order valence-electron chi connectivity index (χ1n) is 11.1. The fourth-order valence-electron chi connectivity index (χ4n) is 4.21. The second-order valence-corrected chi connectivity index (χ2v) is 8.56. The second kappa shape index (κ2) is 11.0. The molecule has 3 rings (SSSR count). The number of hydrogen-bond donors (Lipinski definition) is 1. The van der Waals surface area contributed by atoms with Crippen molar-refractivity contribution in [3.05, 3.63) is 65.7 Å². The molecule has 2 aromatic rings. The fraction of sp³-hybridized carbons (Fsp3) is 0.520. The maximum atomic E-state index is 12.3. The van der Waals surface area contributed by atoms with E-state index in [1.807, 2.05) is 19.1 Å². The van der Waals surface area contributed by atoms with Crippen LogP contribution in [0.5, 0.6) is 0 Å². The van der Waals surface area contributed by atoms with Gasteiger partial charge in [-0.3, -0.25) is 4.90 Å². The third-order valence-electron chi connectivity index (χ3n) is 6.17. The Morgan fingerprint density at radius 1 is 0.968 bits per heavy atom. The van der Waals surface area contributed by atoms with Crippen molar-refractivity contribution in [3.8, 4) is 0 Å². The third-order valence-corrected chi connectivity index (χ3v) is 6.17. The molecule has 1 fully saturated rings. The number of nitrogens with zero attached hydrogens (tertiary/aromatic N) is 1. The number of hydrogen-bond acceptors (Lipinski definition) is 3. The summed E-state index contributed by atoms with van der Waals surface area (Å²) in [6, 6.07) is 17.9. The van der Waals surface area contributed by atoms with Crippen molar-refractivity contribution in [1.29, 1.82) is 0 Å². The second-order valence-electron chi connectivity index (χ2n) is 8.56. The molecule has 170 valence electrons. The van der Waals surface area contributed by atoms with Crippen LogP contribution >= 0.6 is 0 Å². The number of ether oxygens (including phenoxy) is 1. The van der Waals surface area contributed by atoms with E-state index >= 15 is 0 Å². The Bertz CT molecular complexity index is 770. The van der Waals surface area contributed by atoms with Gasteiger partial charge in [0.05, 0.1) is 6.61 Å². The van der Waals surface area contributed by atoms with E-state index < -0.39 is 12.7 Å². The van der Waals surface area contributed by atoms with Crippen LogP contribution in [0.15, 0.2) is 54.6 Å². The lowest BCUT2D eigenvalue weighted by molar-refractivity contribution is -0.115. The number of benzene rings is 2. The summed E-state index contributed by atoms with van der Waals surface area (Å²) in [5.74, 6) is 0. The molecule has 1 aliphatic heterocycles. The molecule has 0 aliphatic carbocycles. The molecule has 1 saturated heterocycles. The van der Waals surface area contributed by atoms with Crippen LogP contribution in [0, 0.1) is 5.41 Å². The summed E-state index contributed by atoms with van der Waals surface area (Å²) < 4.78 is 42.9. The summed E-state index contributed by atoms with van der Waals surface area (Å²) in [6.45, 7) is 5.43. The van der Waals surface area contributed by atoms with Gasteiger partial charge >= 0.3 is 6.18 Å². The van der Waals surface area contributed by atoms with Gasteiger partial charge in [0, 0.05) is 18.8 Å². The van der Waals surface area contributed by atoms with E-state index in [0.29, 0.717) is 5.69 Å². The maximum Gasteiger partial charge on any atom is 0.405 e. The number of alkyl halides is 3. The van der Waals surface area contributed by atoms with Gasteiger partial charge in [-0.15, -0.1) is 0 Å². The molecule has 2 aromatic carbocycles.